The van der Waals surface area contributed by atoms with E-state index in [4.69, 9.17) is 0 Å². The third-order valence-corrected chi connectivity index (χ3v) is 3.33. The molecule has 2 heterocycles. The van der Waals surface area contributed by atoms with Crippen LogP contribution in [0.15, 0.2) is 0 Å². The quantitative estimate of drug-likeness (QED) is 0.578. The number of hydrogen-bond acceptors (Lipinski definition) is 2. The Balaban J connectivity index is 0.000000405. The normalized spacial score (nSPS) is 40.0. The van der Waals surface area contributed by atoms with E-state index in [1.54, 1.807) is 0 Å². The van der Waals surface area contributed by atoms with Crippen molar-refractivity contribution in [3.63, 3.8) is 0 Å². The van der Waals surface area contributed by atoms with Gasteiger partial charge in [0.05, 0.1) is 0 Å². The summed E-state index contributed by atoms with van der Waals surface area (Å²) in [7, 11) is 0. The molecule has 54 valence electrons. The van der Waals surface area contributed by atoms with Gasteiger partial charge in [-0.25, -0.2) is 0 Å². The minimum atomic E-state index is 0. The van der Waals surface area contributed by atoms with E-state index in [1.807, 2.05) is 0 Å². The molecular formula is C6H12ClNS. The maximum absolute atomic E-state index is 3.50. The fourth-order valence-electron chi connectivity index (χ4n) is 1.53. The van der Waals surface area contributed by atoms with Crippen molar-refractivity contribution in [2.24, 2.45) is 5.92 Å². The summed E-state index contributed by atoms with van der Waals surface area (Å²) in [4.78, 5) is 0. The fourth-order valence-corrected chi connectivity index (χ4v) is 2.80. The average Bonchev–Trinajstić information content (AvgIpc) is 2.12. The van der Waals surface area contributed by atoms with E-state index in [0.717, 1.165) is 12.0 Å². The van der Waals surface area contributed by atoms with Gasteiger partial charge in [-0.2, -0.15) is 11.8 Å². The highest BCUT2D eigenvalue weighted by atomic mass is 35.5. The second-order valence-electron chi connectivity index (χ2n) is 2.74. The monoisotopic (exact) mass is 165 g/mol. The lowest BCUT2D eigenvalue weighted by molar-refractivity contribution is 0.617. The maximum atomic E-state index is 3.50. The SMILES string of the molecule is C1NC2CSCC1C2.Cl. The minimum Gasteiger partial charge on any atom is -0.313 e. The molecule has 2 saturated heterocycles. The molecule has 0 aromatic rings. The van der Waals surface area contributed by atoms with Gasteiger partial charge in [-0.1, -0.05) is 0 Å². The minimum absolute atomic E-state index is 0. The van der Waals surface area contributed by atoms with Gasteiger partial charge in [0.25, 0.3) is 0 Å². The first-order valence-corrected chi connectivity index (χ1v) is 4.42. The van der Waals surface area contributed by atoms with Crippen molar-refractivity contribution in [1.82, 2.24) is 5.32 Å². The molecule has 9 heavy (non-hydrogen) atoms. The van der Waals surface area contributed by atoms with Gasteiger partial charge < -0.3 is 5.32 Å². The Kier molecular flexibility index (Phi) is 2.68. The van der Waals surface area contributed by atoms with Crippen LogP contribution >= 0.6 is 24.2 Å². The molecule has 2 rings (SSSR count). The Morgan fingerprint density at radius 3 is 2.89 bits per heavy atom. The molecule has 2 aliphatic rings. The van der Waals surface area contributed by atoms with E-state index >= 15 is 0 Å². The van der Waals surface area contributed by atoms with Gasteiger partial charge in [0.2, 0.25) is 0 Å². The summed E-state index contributed by atoms with van der Waals surface area (Å²) < 4.78 is 0. The molecule has 2 atom stereocenters. The van der Waals surface area contributed by atoms with Crippen molar-refractivity contribution in [3.8, 4) is 0 Å². The molecular weight excluding hydrogens is 154 g/mol. The van der Waals surface area contributed by atoms with Gasteiger partial charge in [0.15, 0.2) is 0 Å². The number of hydrogen-bond donors (Lipinski definition) is 1. The van der Waals surface area contributed by atoms with Crippen LogP contribution in [0.25, 0.3) is 0 Å². The zero-order valence-electron chi connectivity index (χ0n) is 5.30. The van der Waals surface area contributed by atoms with Crippen LogP contribution in [0, 0.1) is 5.92 Å². The number of thioether (sulfide) groups is 1. The van der Waals surface area contributed by atoms with Gasteiger partial charge in [-0.15, -0.1) is 12.4 Å². The van der Waals surface area contributed by atoms with Gasteiger partial charge in [0, 0.05) is 11.8 Å². The molecule has 0 aromatic carbocycles. The molecule has 1 N–H and O–H groups in total. The van der Waals surface area contributed by atoms with Gasteiger partial charge in [-0.05, 0) is 24.6 Å². The summed E-state index contributed by atoms with van der Waals surface area (Å²) in [5.74, 6) is 3.78. The smallest absolute Gasteiger partial charge is 0.0161 e. The molecule has 2 fully saturated rings. The second-order valence-corrected chi connectivity index (χ2v) is 3.82. The van der Waals surface area contributed by atoms with Crippen LogP contribution in [0.3, 0.4) is 0 Å². The molecule has 2 unspecified atom stereocenters. The van der Waals surface area contributed by atoms with Gasteiger partial charge in [-0.3, -0.25) is 0 Å². The molecule has 1 nitrogen and oxygen atoms in total. The topological polar surface area (TPSA) is 12.0 Å². The molecule has 0 radical (unpaired) electrons. The first-order chi connectivity index (χ1) is 3.95. The highest BCUT2D eigenvalue weighted by Crippen LogP contribution is 2.26. The molecule has 0 amide bonds. The van der Waals surface area contributed by atoms with Crippen molar-refractivity contribution in [1.29, 1.82) is 0 Å². The lowest BCUT2D eigenvalue weighted by Crippen LogP contribution is -2.23. The number of fused-ring (bicyclic) bond motifs is 2. The summed E-state index contributed by atoms with van der Waals surface area (Å²) in [6, 6.07) is 0.874. The zero-order chi connectivity index (χ0) is 5.40. The molecule has 0 aromatic heterocycles. The molecule has 0 aliphatic carbocycles. The summed E-state index contributed by atoms with van der Waals surface area (Å²) in [5.41, 5.74) is 0. The lowest BCUT2D eigenvalue weighted by Gasteiger charge is -2.15. The summed E-state index contributed by atoms with van der Waals surface area (Å²) >= 11 is 2.11. The predicted octanol–water partition coefficient (Wildman–Crippen LogP) is 1.13. The van der Waals surface area contributed by atoms with Crippen molar-refractivity contribution >= 4 is 24.2 Å². The van der Waals surface area contributed by atoms with Crippen LogP contribution in [0.2, 0.25) is 0 Å². The maximum Gasteiger partial charge on any atom is 0.0161 e. The standard InChI is InChI=1S/C6H11NS.ClH/c1-5-2-7-6(1)4-8-3-5;/h5-7H,1-4H2;1H. The van der Waals surface area contributed by atoms with E-state index in [2.05, 4.69) is 17.1 Å². The zero-order valence-corrected chi connectivity index (χ0v) is 6.93. The van der Waals surface area contributed by atoms with Crippen molar-refractivity contribution in [2.45, 2.75) is 12.5 Å². The lowest BCUT2D eigenvalue weighted by atomic mass is 10.1. The Morgan fingerprint density at radius 2 is 2.22 bits per heavy atom. The Morgan fingerprint density at radius 1 is 1.33 bits per heavy atom. The highest BCUT2D eigenvalue weighted by Gasteiger charge is 2.27. The summed E-state index contributed by atoms with van der Waals surface area (Å²) in [6.45, 7) is 1.29. The summed E-state index contributed by atoms with van der Waals surface area (Å²) in [5, 5.41) is 3.50. The van der Waals surface area contributed by atoms with E-state index in [-0.39, 0.29) is 12.4 Å². The predicted molar refractivity (Wildman–Crippen MR) is 44.5 cm³/mol. The van der Waals surface area contributed by atoms with E-state index in [9.17, 15) is 0 Å². The first-order valence-electron chi connectivity index (χ1n) is 3.26. The molecule has 0 saturated carbocycles. The van der Waals surface area contributed by atoms with Gasteiger partial charge >= 0.3 is 0 Å². The Hall–Kier alpha value is 0.600. The number of halogens is 1. The van der Waals surface area contributed by atoms with Crippen LogP contribution < -0.4 is 5.32 Å². The number of rotatable bonds is 0. The third-order valence-electron chi connectivity index (χ3n) is 1.99. The molecule has 0 spiro atoms. The fraction of sp³-hybridized carbons (Fsp3) is 1.00. The van der Waals surface area contributed by atoms with Crippen LogP contribution in [0.1, 0.15) is 6.42 Å². The van der Waals surface area contributed by atoms with Crippen molar-refractivity contribution in [2.75, 3.05) is 18.1 Å². The molecule has 3 heteroatoms. The van der Waals surface area contributed by atoms with Crippen LogP contribution in [0.5, 0.6) is 0 Å². The highest BCUT2D eigenvalue weighted by molar-refractivity contribution is 7.99. The Bertz CT molecular complexity index is 85.1. The van der Waals surface area contributed by atoms with Crippen molar-refractivity contribution in [3.05, 3.63) is 0 Å². The van der Waals surface area contributed by atoms with E-state index in [1.165, 1.54) is 24.5 Å². The number of nitrogens with one attached hydrogen (secondary N) is 1. The third kappa shape index (κ3) is 1.54. The van der Waals surface area contributed by atoms with E-state index < -0.39 is 0 Å². The summed E-state index contributed by atoms with van der Waals surface area (Å²) in [6.07, 6.45) is 1.45. The largest absolute Gasteiger partial charge is 0.313 e. The Labute approximate surface area is 66.4 Å². The van der Waals surface area contributed by atoms with Crippen LogP contribution in [-0.2, 0) is 0 Å². The second kappa shape index (κ2) is 3.13. The molecule has 2 bridgehead atoms. The van der Waals surface area contributed by atoms with Crippen molar-refractivity contribution < 1.29 is 0 Å². The van der Waals surface area contributed by atoms with Crippen LogP contribution in [0.4, 0.5) is 0 Å². The first kappa shape index (κ1) is 7.70. The van der Waals surface area contributed by atoms with Gasteiger partial charge in [0.1, 0.15) is 0 Å². The van der Waals surface area contributed by atoms with Crippen LogP contribution in [-0.4, -0.2) is 24.1 Å². The molecule has 2 aliphatic heterocycles. The van der Waals surface area contributed by atoms with E-state index in [0.29, 0.717) is 0 Å². The average molecular weight is 166 g/mol.